The molecule has 1 aromatic carbocycles. The standard InChI is InChI=1S/C19H22N6OS/c1-14-20-9-12-25(14)13-15-7-10-24(11-8-15)19(26)22-18-21-17(23-27-18)16-5-3-2-4-6-16/h2-6,9,12,15H,7-8,10-11,13H2,1H3,(H,21,22,23,26). The van der Waals surface area contributed by atoms with Crippen LogP contribution in [-0.2, 0) is 6.54 Å². The molecule has 2 amide bonds. The Morgan fingerprint density at radius 2 is 2.04 bits per heavy atom. The minimum atomic E-state index is -0.0944. The van der Waals surface area contributed by atoms with E-state index in [9.17, 15) is 4.79 Å². The molecule has 0 saturated carbocycles. The highest BCUT2D eigenvalue weighted by Gasteiger charge is 2.24. The zero-order chi connectivity index (χ0) is 18.6. The number of nitrogens with one attached hydrogen (secondary N) is 1. The number of aryl methyl sites for hydroxylation is 1. The van der Waals surface area contributed by atoms with Crippen molar-refractivity contribution < 1.29 is 4.79 Å². The summed E-state index contributed by atoms with van der Waals surface area (Å²) in [5, 5.41) is 3.43. The van der Waals surface area contributed by atoms with Gasteiger partial charge in [-0.2, -0.15) is 9.36 Å². The van der Waals surface area contributed by atoms with Gasteiger partial charge in [-0.05, 0) is 25.7 Å². The number of nitrogens with zero attached hydrogens (tertiary/aromatic N) is 5. The van der Waals surface area contributed by atoms with E-state index in [0.717, 1.165) is 43.9 Å². The van der Waals surface area contributed by atoms with Crippen molar-refractivity contribution in [1.82, 2.24) is 23.8 Å². The fourth-order valence-corrected chi connectivity index (χ4v) is 3.92. The van der Waals surface area contributed by atoms with Crippen LogP contribution < -0.4 is 5.32 Å². The number of imidazole rings is 1. The van der Waals surface area contributed by atoms with Gasteiger partial charge in [-0.3, -0.25) is 5.32 Å². The molecule has 2 aromatic heterocycles. The zero-order valence-electron chi connectivity index (χ0n) is 15.2. The maximum Gasteiger partial charge on any atom is 0.323 e. The Bertz CT molecular complexity index is 898. The summed E-state index contributed by atoms with van der Waals surface area (Å²) in [5.41, 5.74) is 0.949. The number of carbonyl (C=O) groups is 1. The Labute approximate surface area is 162 Å². The second-order valence-electron chi connectivity index (χ2n) is 6.78. The zero-order valence-corrected chi connectivity index (χ0v) is 16.0. The molecule has 0 bridgehead atoms. The molecule has 140 valence electrons. The molecule has 3 aromatic rings. The maximum atomic E-state index is 12.5. The van der Waals surface area contributed by atoms with Crippen LogP contribution in [0, 0.1) is 12.8 Å². The summed E-state index contributed by atoms with van der Waals surface area (Å²) >= 11 is 1.21. The first-order valence-electron chi connectivity index (χ1n) is 9.12. The summed E-state index contributed by atoms with van der Waals surface area (Å²) in [4.78, 5) is 23.1. The first kappa shape index (κ1) is 17.7. The molecule has 7 nitrogen and oxygen atoms in total. The lowest BCUT2D eigenvalue weighted by Gasteiger charge is -2.32. The second kappa shape index (κ2) is 7.87. The molecule has 3 heterocycles. The van der Waals surface area contributed by atoms with Crippen LogP contribution in [0.1, 0.15) is 18.7 Å². The lowest BCUT2D eigenvalue weighted by molar-refractivity contribution is 0.176. The average molecular weight is 382 g/mol. The van der Waals surface area contributed by atoms with Gasteiger partial charge in [-0.25, -0.2) is 9.78 Å². The van der Waals surface area contributed by atoms with Gasteiger partial charge in [0.1, 0.15) is 5.82 Å². The van der Waals surface area contributed by atoms with E-state index in [4.69, 9.17) is 0 Å². The van der Waals surface area contributed by atoms with E-state index in [1.807, 2.05) is 54.5 Å². The molecule has 27 heavy (non-hydrogen) atoms. The van der Waals surface area contributed by atoms with Gasteiger partial charge >= 0.3 is 6.03 Å². The third-order valence-corrected chi connectivity index (χ3v) is 5.58. The van der Waals surface area contributed by atoms with Crippen LogP contribution in [0.3, 0.4) is 0 Å². The average Bonchev–Trinajstić information content (AvgIpc) is 3.32. The molecule has 1 N–H and O–H groups in total. The number of aromatic nitrogens is 4. The third kappa shape index (κ3) is 4.16. The van der Waals surface area contributed by atoms with Gasteiger partial charge in [0.05, 0.1) is 0 Å². The topological polar surface area (TPSA) is 75.9 Å². The number of amides is 2. The van der Waals surface area contributed by atoms with Crippen LogP contribution in [0.5, 0.6) is 0 Å². The lowest BCUT2D eigenvalue weighted by Crippen LogP contribution is -2.41. The molecule has 0 spiro atoms. The summed E-state index contributed by atoms with van der Waals surface area (Å²) < 4.78 is 6.52. The number of piperidine rings is 1. The molecule has 1 aliphatic rings. The van der Waals surface area contributed by atoms with Crippen molar-refractivity contribution in [3.63, 3.8) is 0 Å². The number of carbonyl (C=O) groups excluding carboxylic acids is 1. The highest BCUT2D eigenvalue weighted by Crippen LogP contribution is 2.23. The number of anilines is 1. The van der Waals surface area contributed by atoms with Gasteiger partial charge in [-0.1, -0.05) is 30.3 Å². The van der Waals surface area contributed by atoms with Crippen molar-refractivity contribution in [2.45, 2.75) is 26.3 Å². The van der Waals surface area contributed by atoms with Gasteiger partial charge in [0.15, 0.2) is 5.82 Å². The van der Waals surface area contributed by atoms with E-state index < -0.39 is 0 Å². The van der Waals surface area contributed by atoms with E-state index in [1.54, 1.807) is 0 Å². The van der Waals surface area contributed by atoms with Gasteiger partial charge in [0, 0.05) is 49.1 Å². The Kier molecular flexibility index (Phi) is 5.15. The summed E-state index contributed by atoms with van der Waals surface area (Å²) in [6.07, 6.45) is 5.85. The van der Waals surface area contributed by atoms with Crippen molar-refractivity contribution in [3.05, 3.63) is 48.5 Å². The Hall–Kier alpha value is -2.74. The molecule has 0 atom stereocenters. The smallest absolute Gasteiger partial charge is 0.323 e. The van der Waals surface area contributed by atoms with Crippen molar-refractivity contribution in [3.8, 4) is 11.4 Å². The predicted octanol–water partition coefficient (Wildman–Crippen LogP) is 3.65. The van der Waals surface area contributed by atoms with Crippen LogP contribution in [0.4, 0.5) is 9.93 Å². The van der Waals surface area contributed by atoms with Gasteiger partial charge < -0.3 is 9.47 Å². The fraction of sp³-hybridized carbons (Fsp3) is 0.368. The summed E-state index contributed by atoms with van der Waals surface area (Å²) in [6.45, 7) is 4.51. The van der Waals surface area contributed by atoms with Crippen molar-refractivity contribution in [2.75, 3.05) is 18.4 Å². The van der Waals surface area contributed by atoms with Crippen LogP contribution >= 0.6 is 11.5 Å². The molecule has 1 aliphatic heterocycles. The number of rotatable bonds is 4. The number of urea groups is 1. The minimum absolute atomic E-state index is 0.0944. The van der Waals surface area contributed by atoms with Crippen molar-refractivity contribution >= 4 is 22.7 Å². The maximum absolute atomic E-state index is 12.5. The molecule has 4 rings (SSSR count). The molecule has 0 unspecified atom stereocenters. The van der Waals surface area contributed by atoms with E-state index in [0.29, 0.717) is 16.9 Å². The van der Waals surface area contributed by atoms with Crippen LogP contribution in [-0.4, -0.2) is 42.9 Å². The molecule has 8 heteroatoms. The van der Waals surface area contributed by atoms with E-state index in [2.05, 4.69) is 24.2 Å². The number of hydrogen-bond donors (Lipinski definition) is 1. The Morgan fingerprint density at radius 3 is 2.74 bits per heavy atom. The quantitative estimate of drug-likeness (QED) is 0.747. The first-order chi connectivity index (χ1) is 13.2. The molecule has 1 saturated heterocycles. The summed E-state index contributed by atoms with van der Waals surface area (Å²) in [7, 11) is 0. The third-order valence-electron chi connectivity index (χ3n) is 4.95. The Balaban J connectivity index is 1.30. The van der Waals surface area contributed by atoms with Crippen LogP contribution in [0.15, 0.2) is 42.7 Å². The normalized spacial score (nSPS) is 15.1. The van der Waals surface area contributed by atoms with E-state index in [-0.39, 0.29) is 6.03 Å². The predicted molar refractivity (Wildman–Crippen MR) is 106 cm³/mol. The molecular weight excluding hydrogens is 360 g/mol. The second-order valence-corrected chi connectivity index (χ2v) is 7.53. The van der Waals surface area contributed by atoms with Crippen molar-refractivity contribution in [1.29, 1.82) is 0 Å². The Morgan fingerprint density at radius 1 is 1.26 bits per heavy atom. The van der Waals surface area contributed by atoms with Gasteiger partial charge in [0.25, 0.3) is 0 Å². The highest BCUT2D eigenvalue weighted by molar-refractivity contribution is 7.10. The van der Waals surface area contributed by atoms with E-state index in [1.165, 1.54) is 11.5 Å². The number of hydrogen-bond acceptors (Lipinski definition) is 5. The van der Waals surface area contributed by atoms with E-state index >= 15 is 0 Å². The highest BCUT2D eigenvalue weighted by atomic mass is 32.1. The monoisotopic (exact) mass is 382 g/mol. The van der Waals surface area contributed by atoms with Gasteiger partial charge in [0.2, 0.25) is 5.13 Å². The molecular formula is C19H22N6OS. The van der Waals surface area contributed by atoms with Crippen LogP contribution in [0.25, 0.3) is 11.4 Å². The van der Waals surface area contributed by atoms with Gasteiger partial charge in [-0.15, -0.1) is 0 Å². The molecule has 1 fully saturated rings. The van der Waals surface area contributed by atoms with Crippen LogP contribution in [0.2, 0.25) is 0 Å². The first-order valence-corrected chi connectivity index (χ1v) is 9.89. The molecule has 0 radical (unpaired) electrons. The minimum Gasteiger partial charge on any atom is -0.335 e. The summed E-state index contributed by atoms with van der Waals surface area (Å²) in [6, 6.07) is 9.67. The lowest BCUT2D eigenvalue weighted by atomic mass is 9.97. The largest absolute Gasteiger partial charge is 0.335 e. The van der Waals surface area contributed by atoms with Crippen molar-refractivity contribution in [2.24, 2.45) is 5.92 Å². The number of likely N-dealkylation sites (tertiary alicyclic amines) is 1. The fourth-order valence-electron chi connectivity index (χ4n) is 3.34. The molecule has 0 aliphatic carbocycles. The SMILES string of the molecule is Cc1nccn1CC1CCN(C(=O)Nc2nc(-c3ccccc3)ns2)CC1. The number of benzene rings is 1. The summed E-state index contributed by atoms with van der Waals surface area (Å²) in [5.74, 6) is 2.26.